The second-order valence-corrected chi connectivity index (χ2v) is 6.64. The maximum atomic E-state index is 6.07. The van der Waals surface area contributed by atoms with Crippen LogP contribution in [0.15, 0.2) is 24.3 Å². The number of halogens is 2. The maximum absolute atomic E-state index is 6.07. The van der Waals surface area contributed by atoms with E-state index >= 15 is 0 Å². The van der Waals surface area contributed by atoms with Gasteiger partial charge in [-0.2, -0.15) is 0 Å². The second-order valence-electron chi connectivity index (χ2n) is 5.12. The van der Waals surface area contributed by atoms with Crippen LogP contribution in [0, 0.1) is 3.57 Å². The molecule has 1 fully saturated rings. The minimum atomic E-state index is 0.519. The molecule has 0 radical (unpaired) electrons. The van der Waals surface area contributed by atoms with E-state index in [1.165, 1.54) is 25.7 Å². The van der Waals surface area contributed by atoms with Crippen molar-refractivity contribution in [3.8, 4) is 11.4 Å². The molecule has 0 spiro atoms. The van der Waals surface area contributed by atoms with E-state index < -0.39 is 0 Å². The number of hydrogen-bond donors (Lipinski definition) is 1. The highest BCUT2D eigenvalue weighted by Gasteiger charge is 2.23. The SMILES string of the molecule is Nc1nc(-c2cccc(Cl)c2)nc(C2CCCC2)c1I. The van der Waals surface area contributed by atoms with Crippen LogP contribution in [0.25, 0.3) is 11.4 Å². The number of nitrogens with two attached hydrogens (primary N) is 1. The molecule has 1 aliphatic carbocycles. The molecule has 0 bridgehead atoms. The lowest BCUT2D eigenvalue weighted by atomic mass is 10.0. The van der Waals surface area contributed by atoms with Gasteiger partial charge in [-0.05, 0) is 47.6 Å². The van der Waals surface area contributed by atoms with Crippen LogP contribution in [-0.4, -0.2) is 9.97 Å². The topological polar surface area (TPSA) is 51.8 Å². The molecule has 0 unspecified atom stereocenters. The highest BCUT2D eigenvalue weighted by molar-refractivity contribution is 14.1. The van der Waals surface area contributed by atoms with Gasteiger partial charge < -0.3 is 5.73 Å². The Bertz CT molecular complexity index is 639. The Hall–Kier alpha value is -0.880. The summed E-state index contributed by atoms with van der Waals surface area (Å²) in [5.74, 6) is 1.76. The Morgan fingerprint density at radius 2 is 1.95 bits per heavy atom. The van der Waals surface area contributed by atoms with E-state index in [4.69, 9.17) is 22.3 Å². The van der Waals surface area contributed by atoms with Crippen molar-refractivity contribution in [2.45, 2.75) is 31.6 Å². The van der Waals surface area contributed by atoms with E-state index in [2.05, 4.69) is 27.6 Å². The first-order valence-electron chi connectivity index (χ1n) is 6.74. The number of aromatic nitrogens is 2. The maximum Gasteiger partial charge on any atom is 0.161 e. The molecule has 1 saturated carbocycles. The molecular formula is C15H15ClIN3. The summed E-state index contributed by atoms with van der Waals surface area (Å²) < 4.78 is 1.00. The Labute approximate surface area is 137 Å². The monoisotopic (exact) mass is 399 g/mol. The molecule has 1 aliphatic rings. The Kier molecular flexibility index (Phi) is 4.12. The van der Waals surface area contributed by atoms with Gasteiger partial charge in [0, 0.05) is 16.5 Å². The molecule has 2 N–H and O–H groups in total. The lowest BCUT2D eigenvalue weighted by Crippen LogP contribution is -2.07. The molecule has 3 nitrogen and oxygen atoms in total. The van der Waals surface area contributed by atoms with Crippen molar-refractivity contribution in [2.75, 3.05) is 5.73 Å². The molecular weight excluding hydrogens is 385 g/mol. The number of benzene rings is 1. The third kappa shape index (κ3) is 2.76. The minimum absolute atomic E-state index is 0.519. The fraction of sp³-hybridized carbons (Fsp3) is 0.333. The van der Waals surface area contributed by atoms with E-state index in [0.717, 1.165) is 14.8 Å². The summed E-state index contributed by atoms with van der Waals surface area (Å²) in [7, 11) is 0. The summed E-state index contributed by atoms with van der Waals surface area (Å²) in [4.78, 5) is 9.19. The molecule has 1 heterocycles. The molecule has 1 aromatic heterocycles. The van der Waals surface area contributed by atoms with Gasteiger partial charge in [-0.25, -0.2) is 9.97 Å². The van der Waals surface area contributed by atoms with Crippen molar-refractivity contribution in [3.05, 3.63) is 38.6 Å². The normalized spacial score (nSPS) is 15.7. The van der Waals surface area contributed by atoms with Crippen molar-refractivity contribution in [1.29, 1.82) is 0 Å². The van der Waals surface area contributed by atoms with E-state index in [1.54, 1.807) is 0 Å². The Morgan fingerprint density at radius 1 is 1.20 bits per heavy atom. The fourth-order valence-electron chi connectivity index (χ4n) is 2.71. The summed E-state index contributed by atoms with van der Waals surface area (Å²) in [5, 5.41) is 0.686. The molecule has 3 rings (SSSR count). The smallest absolute Gasteiger partial charge is 0.161 e. The fourth-order valence-corrected chi connectivity index (χ4v) is 3.58. The van der Waals surface area contributed by atoms with Crippen molar-refractivity contribution in [2.24, 2.45) is 0 Å². The van der Waals surface area contributed by atoms with Gasteiger partial charge in [0.15, 0.2) is 5.82 Å². The first-order chi connectivity index (χ1) is 9.65. The summed E-state index contributed by atoms with van der Waals surface area (Å²) in [6, 6.07) is 7.59. The van der Waals surface area contributed by atoms with Crippen LogP contribution in [0.4, 0.5) is 5.82 Å². The van der Waals surface area contributed by atoms with E-state index in [9.17, 15) is 0 Å². The molecule has 104 valence electrons. The first kappa shape index (κ1) is 14.1. The molecule has 20 heavy (non-hydrogen) atoms. The van der Waals surface area contributed by atoms with Crippen molar-refractivity contribution >= 4 is 40.0 Å². The zero-order chi connectivity index (χ0) is 14.1. The third-order valence-corrected chi connectivity index (χ3v) is 5.07. The summed E-state index contributed by atoms with van der Waals surface area (Å²) >= 11 is 8.31. The van der Waals surface area contributed by atoms with E-state index in [-0.39, 0.29) is 0 Å². The summed E-state index contributed by atoms with van der Waals surface area (Å²) in [5.41, 5.74) is 8.09. The van der Waals surface area contributed by atoms with Gasteiger partial charge in [0.2, 0.25) is 0 Å². The third-order valence-electron chi connectivity index (χ3n) is 3.73. The minimum Gasteiger partial charge on any atom is -0.383 e. The predicted molar refractivity (Wildman–Crippen MR) is 90.8 cm³/mol. The lowest BCUT2D eigenvalue weighted by molar-refractivity contribution is 0.691. The van der Waals surface area contributed by atoms with Crippen LogP contribution < -0.4 is 5.73 Å². The Balaban J connectivity index is 2.08. The first-order valence-corrected chi connectivity index (χ1v) is 8.19. The highest BCUT2D eigenvalue weighted by Crippen LogP contribution is 2.37. The molecule has 0 aliphatic heterocycles. The number of hydrogen-bond acceptors (Lipinski definition) is 3. The van der Waals surface area contributed by atoms with Crippen molar-refractivity contribution in [1.82, 2.24) is 9.97 Å². The van der Waals surface area contributed by atoms with E-state index in [0.29, 0.717) is 22.6 Å². The molecule has 0 amide bonds. The standard InChI is InChI=1S/C15H15ClIN3/c16-11-7-3-6-10(8-11)15-19-13(9-4-1-2-5-9)12(17)14(18)20-15/h3,6-9H,1-2,4-5H2,(H2,18,19,20). The molecule has 1 aromatic carbocycles. The average Bonchev–Trinajstić information content (AvgIpc) is 2.95. The van der Waals surface area contributed by atoms with Crippen molar-refractivity contribution in [3.63, 3.8) is 0 Å². The molecule has 5 heteroatoms. The van der Waals surface area contributed by atoms with Crippen LogP contribution in [-0.2, 0) is 0 Å². The predicted octanol–water partition coefficient (Wildman–Crippen LogP) is 4.64. The zero-order valence-electron chi connectivity index (χ0n) is 10.9. The number of nitrogen functional groups attached to an aromatic ring is 1. The molecule has 0 saturated heterocycles. The van der Waals surface area contributed by atoms with Crippen LogP contribution in [0.1, 0.15) is 37.3 Å². The summed E-state index contributed by atoms with van der Waals surface area (Å²) in [6.45, 7) is 0. The van der Waals surface area contributed by atoms with E-state index in [1.807, 2.05) is 24.3 Å². The van der Waals surface area contributed by atoms with Crippen LogP contribution >= 0.6 is 34.2 Å². The van der Waals surface area contributed by atoms with Gasteiger partial charge in [0.1, 0.15) is 5.82 Å². The largest absolute Gasteiger partial charge is 0.383 e. The van der Waals surface area contributed by atoms with Gasteiger partial charge >= 0.3 is 0 Å². The lowest BCUT2D eigenvalue weighted by Gasteiger charge is -2.14. The molecule has 2 aromatic rings. The average molecular weight is 400 g/mol. The zero-order valence-corrected chi connectivity index (χ0v) is 13.9. The molecule has 0 atom stereocenters. The number of anilines is 1. The second kappa shape index (κ2) is 5.85. The Morgan fingerprint density at radius 3 is 2.65 bits per heavy atom. The summed E-state index contributed by atoms with van der Waals surface area (Å²) in [6.07, 6.45) is 4.94. The van der Waals surface area contributed by atoms with Gasteiger partial charge in [-0.3, -0.25) is 0 Å². The number of nitrogens with zero attached hydrogens (tertiary/aromatic N) is 2. The van der Waals surface area contributed by atoms with Gasteiger partial charge in [-0.1, -0.05) is 36.6 Å². The van der Waals surface area contributed by atoms with Gasteiger partial charge in [-0.15, -0.1) is 0 Å². The van der Waals surface area contributed by atoms with Crippen LogP contribution in [0.2, 0.25) is 5.02 Å². The van der Waals surface area contributed by atoms with Crippen LogP contribution in [0.5, 0.6) is 0 Å². The van der Waals surface area contributed by atoms with Gasteiger partial charge in [0.05, 0.1) is 9.26 Å². The van der Waals surface area contributed by atoms with Gasteiger partial charge in [0.25, 0.3) is 0 Å². The highest BCUT2D eigenvalue weighted by atomic mass is 127. The van der Waals surface area contributed by atoms with Crippen LogP contribution in [0.3, 0.4) is 0 Å². The van der Waals surface area contributed by atoms with Crippen molar-refractivity contribution < 1.29 is 0 Å². The quantitative estimate of drug-likeness (QED) is 0.748. The number of rotatable bonds is 2.